The Labute approximate surface area is 269 Å². The smallest absolute Gasteiger partial charge is 0.0241 e. The maximum absolute atomic E-state index is 2.50. The molecular formula is C39H116. The maximum Gasteiger partial charge on any atom is -0.0241 e. The molecule has 0 aromatic rings. The summed E-state index contributed by atoms with van der Waals surface area (Å²) >= 11 is 0. The average molecular weight is 585 g/mol. The van der Waals surface area contributed by atoms with Crippen molar-refractivity contribution >= 4 is 0 Å². The molecule has 39 heavy (non-hydrogen) atoms. The molecule has 0 fully saturated rings. The van der Waals surface area contributed by atoms with Crippen molar-refractivity contribution in [3.05, 3.63) is 0 Å². The molecule has 0 aliphatic carbocycles. The Hall–Kier alpha value is 0. The molecule has 0 unspecified atom stereocenters. The Morgan fingerprint density at radius 2 is 0.333 bits per heavy atom. The third-order valence-corrected chi connectivity index (χ3v) is 9.23. The van der Waals surface area contributed by atoms with E-state index in [1.165, 1.54) is 0 Å². The second kappa shape index (κ2) is 40.1. The molecule has 0 saturated heterocycles. The van der Waals surface area contributed by atoms with Crippen molar-refractivity contribution in [3.8, 4) is 0 Å². The van der Waals surface area contributed by atoms with Crippen molar-refractivity contribution in [1.29, 1.82) is 0 Å². The summed E-state index contributed by atoms with van der Waals surface area (Å²) in [7, 11) is 0. The van der Waals surface area contributed by atoms with Gasteiger partial charge in [-0.15, -0.1) is 0 Å². The van der Waals surface area contributed by atoms with Gasteiger partial charge in [-0.05, 0) is 38.9 Å². The van der Waals surface area contributed by atoms with E-state index in [2.05, 4.69) is 96.9 Å². The Morgan fingerprint density at radius 1 is 0.231 bits per heavy atom. The quantitative estimate of drug-likeness (QED) is 0.291. The first-order valence-corrected chi connectivity index (χ1v) is 8.89. The minimum atomic E-state index is 0. The van der Waals surface area contributed by atoms with Gasteiger partial charge >= 0.3 is 0 Å². The molecular weight excluding hydrogens is 468 g/mol. The Morgan fingerprint density at radius 3 is 0.410 bits per heavy atom. The summed E-state index contributed by atoms with van der Waals surface area (Å²) in [6.07, 6.45) is 0. The van der Waals surface area contributed by atoms with Crippen LogP contribution in [0.3, 0.4) is 0 Å². The Bertz CT molecular complexity index is 314. The van der Waals surface area contributed by atoms with Crippen molar-refractivity contribution in [2.75, 3.05) is 0 Å². The van der Waals surface area contributed by atoms with Crippen LogP contribution in [0, 0.1) is 38.9 Å². The van der Waals surface area contributed by atoms with Crippen LogP contribution in [0.15, 0.2) is 0 Å². The van der Waals surface area contributed by atoms with E-state index in [0.29, 0.717) is 22.7 Å². The molecule has 0 saturated carbocycles. The van der Waals surface area contributed by atoms with E-state index >= 15 is 0 Å². The van der Waals surface area contributed by atoms with Gasteiger partial charge in [-0.1, -0.05) is 231 Å². The standard InChI is InChI=1S/C21H44.18CH4/c1-15(2)17(5,6)19(9,10)21(13,14)20(11,12)18(7,8)16(3)4;;;;;;;;;;;;;;;;;;/h15-16H,1-14H3;18*1H4. The predicted molar refractivity (Wildman–Crippen MR) is 220 cm³/mol. The van der Waals surface area contributed by atoms with Gasteiger partial charge in [0.2, 0.25) is 0 Å². The fourth-order valence-corrected chi connectivity index (χ4v) is 3.84. The first-order valence-electron chi connectivity index (χ1n) is 8.89. The third kappa shape index (κ3) is 21.4. The van der Waals surface area contributed by atoms with Gasteiger partial charge in [0.15, 0.2) is 0 Å². The predicted octanol–water partition coefficient (Wildman–Crippen LogP) is 18.9. The minimum absolute atomic E-state index is 0. The van der Waals surface area contributed by atoms with Crippen LogP contribution in [0.25, 0.3) is 0 Å². The van der Waals surface area contributed by atoms with E-state index in [1.54, 1.807) is 0 Å². The summed E-state index contributed by atoms with van der Waals surface area (Å²) < 4.78 is 0. The second-order valence-electron chi connectivity index (χ2n) is 10.6. The summed E-state index contributed by atoms with van der Waals surface area (Å²) in [5, 5.41) is 0. The fraction of sp³-hybridized carbons (Fsp3) is 1.00. The molecule has 272 valence electrons. The van der Waals surface area contributed by atoms with Gasteiger partial charge in [0.05, 0.1) is 0 Å². The van der Waals surface area contributed by atoms with Gasteiger partial charge in [-0.25, -0.2) is 0 Å². The highest BCUT2D eigenvalue weighted by Gasteiger charge is 2.59. The molecule has 0 heterocycles. The number of rotatable bonds is 6. The van der Waals surface area contributed by atoms with E-state index in [0.717, 1.165) is 0 Å². The van der Waals surface area contributed by atoms with Gasteiger partial charge in [0.1, 0.15) is 0 Å². The molecule has 0 rings (SSSR count). The number of hydrogen-bond acceptors (Lipinski definition) is 0. The van der Waals surface area contributed by atoms with Crippen molar-refractivity contribution in [3.63, 3.8) is 0 Å². The monoisotopic (exact) mass is 585 g/mol. The Kier molecular flexibility index (Phi) is 145. The summed E-state index contributed by atoms with van der Waals surface area (Å²) in [5.41, 5.74) is 1.29. The highest BCUT2D eigenvalue weighted by molar-refractivity contribution is 5.07. The first kappa shape index (κ1) is 141. The van der Waals surface area contributed by atoms with Crippen LogP contribution in [0.2, 0.25) is 0 Å². The van der Waals surface area contributed by atoms with E-state index in [1.807, 2.05) is 0 Å². The van der Waals surface area contributed by atoms with E-state index in [-0.39, 0.29) is 150 Å². The largest absolute Gasteiger partial charge is 0.0776 e. The van der Waals surface area contributed by atoms with Crippen molar-refractivity contribution < 1.29 is 0 Å². The van der Waals surface area contributed by atoms with Gasteiger partial charge < -0.3 is 0 Å². The summed E-state index contributed by atoms with van der Waals surface area (Å²) in [4.78, 5) is 0. The Balaban J connectivity index is -0.0000000131. The first-order chi connectivity index (χ1) is 8.89. The zero-order chi connectivity index (χ0) is 17.7. The lowest BCUT2D eigenvalue weighted by molar-refractivity contribution is -0.163. The summed E-state index contributed by atoms with van der Waals surface area (Å²) in [6.45, 7) is 34.3. The highest BCUT2D eigenvalue weighted by Crippen LogP contribution is 2.66. The van der Waals surface area contributed by atoms with E-state index < -0.39 is 0 Å². The lowest BCUT2D eigenvalue weighted by Gasteiger charge is -2.65. The molecule has 0 heteroatoms. The van der Waals surface area contributed by atoms with Crippen molar-refractivity contribution in [1.82, 2.24) is 0 Å². The van der Waals surface area contributed by atoms with Crippen molar-refractivity contribution in [2.45, 2.75) is 231 Å². The van der Waals surface area contributed by atoms with Crippen LogP contribution in [-0.4, -0.2) is 0 Å². The molecule has 0 aromatic carbocycles. The molecule has 0 spiro atoms. The van der Waals surface area contributed by atoms with Gasteiger partial charge in [0.25, 0.3) is 0 Å². The van der Waals surface area contributed by atoms with Crippen LogP contribution < -0.4 is 0 Å². The van der Waals surface area contributed by atoms with Crippen LogP contribution in [0.5, 0.6) is 0 Å². The third-order valence-electron chi connectivity index (χ3n) is 9.23. The number of hydrogen-bond donors (Lipinski definition) is 0. The van der Waals surface area contributed by atoms with Gasteiger partial charge in [0, 0.05) is 0 Å². The molecule has 0 bridgehead atoms. The molecule has 0 radical (unpaired) electrons. The lowest BCUT2D eigenvalue weighted by Crippen LogP contribution is -2.58. The van der Waals surface area contributed by atoms with Crippen LogP contribution in [-0.2, 0) is 0 Å². The summed E-state index contributed by atoms with van der Waals surface area (Å²) in [6, 6.07) is 0. The zero-order valence-corrected chi connectivity index (χ0v) is 17.7. The zero-order valence-electron chi connectivity index (χ0n) is 17.7. The highest BCUT2D eigenvalue weighted by atomic mass is 14.6. The van der Waals surface area contributed by atoms with E-state index in [9.17, 15) is 0 Å². The fourth-order valence-electron chi connectivity index (χ4n) is 3.84. The average Bonchev–Trinajstić information content (AvgIpc) is 2.27. The lowest BCUT2D eigenvalue weighted by atomic mass is 9.40. The molecule has 0 aliphatic heterocycles. The van der Waals surface area contributed by atoms with Crippen molar-refractivity contribution in [2.24, 2.45) is 38.9 Å². The molecule has 0 amide bonds. The topological polar surface area (TPSA) is 0 Å². The van der Waals surface area contributed by atoms with E-state index in [4.69, 9.17) is 0 Å². The normalized spacial score (nSPS) is 8.62. The minimum Gasteiger partial charge on any atom is -0.0776 e. The second-order valence-corrected chi connectivity index (χ2v) is 10.6. The SMILES string of the molecule is C.C.C.C.C.C.C.C.C.C.C.C.C.C.C.C.C.C.CC(C)C(C)(C)C(C)(C)C(C)(C)C(C)(C)C(C)(C)C(C)C. The molecule has 0 aliphatic rings. The summed E-state index contributed by atoms with van der Waals surface area (Å²) in [5.74, 6) is 1.34. The molecule has 0 N–H and O–H groups in total. The molecule has 0 aromatic heterocycles. The van der Waals surface area contributed by atoms with Gasteiger partial charge in [-0.3, -0.25) is 0 Å². The molecule has 0 nitrogen and oxygen atoms in total. The van der Waals surface area contributed by atoms with Gasteiger partial charge in [-0.2, -0.15) is 0 Å². The maximum atomic E-state index is 2.50. The molecule has 0 atom stereocenters. The van der Waals surface area contributed by atoms with Crippen LogP contribution >= 0.6 is 0 Å². The van der Waals surface area contributed by atoms with Crippen LogP contribution in [0.1, 0.15) is 231 Å². The van der Waals surface area contributed by atoms with Crippen LogP contribution in [0.4, 0.5) is 0 Å².